The van der Waals surface area contributed by atoms with Gasteiger partial charge in [-0.05, 0) is 59.2 Å². The summed E-state index contributed by atoms with van der Waals surface area (Å²) in [6.07, 6.45) is 4.02. The van der Waals surface area contributed by atoms with Gasteiger partial charge in [0, 0.05) is 41.4 Å². The van der Waals surface area contributed by atoms with Crippen LogP contribution in [0.4, 0.5) is 0 Å². The van der Waals surface area contributed by atoms with Gasteiger partial charge in [-0.2, -0.15) is 0 Å². The van der Waals surface area contributed by atoms with Crippen LogP contribution in [0.3, 0.4) is 0 Å². The molecule has 1 aromatic carbocycles. The lowest BCUT2D eigenvalue weighted by Crippen LogP contribution is -2.34. The number of halogens is 1. The van der Waals surface area contributed by atoms with E-state index in [1.807, 2.05) is 6.92 Å². The Morgan fingerprint density at radius 2 is 1.93 bits per heavy atom. The minimum atomic E-state index is -3.73. The number of benzene rings is 1. The number of aromatic nitrogens is 2. The van der Waals surface area contributed by atoms with Gasteiger partial charge in [-0.15, -0.1) is 0 Å². The fourth-order valence-corrected chi connectivity index (χ4v) is 5.80. The molecule has 0 saturated heterocycles. The quantitative estimate of drug-likeness (QED) is 0.513. The predicted octanol–water partition coefficient (Wildman–Crippen LogP) is 3.09. The fourth-order valence-electron chi connectivity index (χ4n) is 3.45. The molecule has 27 heavy (non-hydrogen) atoms. The molecule has 0 bridgehead atoms. The molecule has 1 amide bonds. The number of rotatable bonds is 2. The van der Waals surface area contributed by atoms with Crippen molar-refractivity contribution in [2.45, 2.75) is 31.7 Å². The van der Waals surface area contributed by atoms with Gasteiger partial charge in [0.1, 0.15) is 0 Å². The van der Waals surface area contributed by atoms with E-state index in [0.29, 0.717) is 25.2 Å². The number of aryl methyl sites for hydroxylation is 1. The summed E-state index contributed by atoms with van der Waals surface area (Å²) in [5.41, 5.74) is 3.50. The zero-order valence-electron chi connectivity index (χ0n) is 14.9. The lowest BCUT2D eigenvalue weighted by Gasteiger charge is -2.28. The van der Waals surface area contributed by atoms with Crippen molar-refractivity contribution in [2.24, 2.45) is 0 Å². The monoisotopic (exact) mass is 495 g/mol. The Labute approximate surface area is 171 Å². The first-order chi connectivity index (χ1) is 12.8. The van der Waals surface area contributed by atoms with Gasteiger partial charge >= 0.3 is 0 Å². The number of fused-ring (bicyclic) bond motifs is 3. The van der Waals surface area contributed by atoms with Crippen LogP contribution in [0, 0.1) is 10.5 Å². The standard InChI is InChI=1S/C19H18IN3O3S/c1-12-3-5-15(6-4-12)27(25,26)23-11-17(20)18-16-7-8-22(13(2)24)10-14(16)9-21-19(18)23/h3-6,9,11H,7-8,10H2,1-2H3. The second-order valence-corrected chi connectivity index (χ2v) is 9.72. The molecule has 0 atom stereocenters. The number of pyridine rings is 1. The van der Waals surface area contributed by atoms with Crippen molar-refractivity contribution >= 4 is 49.6 Å². The van der Waals surface area contributed by atoms with E-state index in [1.165, 1.54) is 3.97 Å². The SMILES string of the molecule is CC(=O)N1CCc2c(cnc3c2c(I)cn3S(=O)(=O)c2ccc(C)cc2)C1. The molecule has 140 valence electrons. The highest BCUT2D eigenvalue weighted by Crippen LogP contribution is 2.32. The van der Waals surface area contributed by atoms with Crippen molar-refractivity contribution in [3.05, 3.63) is 56.9 Å². The molecule has 0 fully saturated rings. The Bertz CT molecular complexity index is 1170. The van der Waals surface area contributed by atoms with Gasteiger partial charge in [0.15, 0.2) is 5.65 Å². The molecular weight excluding hydrogens is 477 g/mol. The minimum Gasteiger partial charge on any atom is -0.338 e. The van der Waals surface area contributed by atoms with Gasteiger partial charge in [0.25, 0.3) is 10.0 Å². The molecule has 3 aromatic rings. The lowest BCUT2D eigenvalue weighted by molar-refractivity contribution is -0.129. The minimum absolute atomic E-state index is 0.0370. The van der Waals surface area contributed by atoms with Crippen LogP contribution in [0.5, 0.6) is 0 Å². The molecule has 4 rings (SSSR count). The Hall–Kier alpha value is -1.94. The summed E-state index contributed by atoms with van der Waals surface area (Å²) in [5.74, 6) is 0.0370. The summed E-state index contributed by atoms with van der Waals surface area (Å²) in [7, 11) is -3.73. The van der Waals surface area contributed by atoms with Crippen LogP contribution in [0.15, 0.2) is 41.6 Å². The maximum absolute atomic E-state index is 13.1. The maximum atomic E-state index is 13.1. The third-order valence-electron chi connectivity index (χ3n) is 4.95. The zero-order valence-corrected chi connectivity index (χ0v) is 17.9. The number of hydrogen-bond acceptors (Lipinski definition) is 4. The number of nitrogens with zero attached hydrogens (tertiary/aromatic N) is 3. The first-order valence-electron chi connectivity index (χ1n) is 8.54. The summed E-state index contributed by atoms with van der Waals surface area (Å²) >= 11 is 2.16. The van der Waals surface area contributed by atoms with E-state index in [1.54, 1.807) is 48.5 Å². The predicted molar refractivity (Wildman–Crippen MR) is 111 cm³/mol. The first-order valence-corrected chi connectivity index (χ1v) is 11.1. The van der Waals surface area contributed by atoms with Crippen LogP contribution >= 0.6 is 22.6 Å². The Morgan fingerprint density at radius 1 is 1.22 bits per heavy atom. The second-order valence-electron chi connectivity index (χ2n) is 6.74. The molecule has 0 N–H and O–H groups in total. The van der Waals surface area contributed by atoms with Gasteiger partial charge in [0.05, 0.1) is 4.90 Å². The average molecular weight is 495 g/mol. The molecule has 8 heteroatoms. The van der Waals surface area contributed by atoms with Crippen molar-refractivity contribution in [1.82, 2.24) is 13.9 Å². The number of amides is 1. The largest absolute Gasteiger partial charge is 0.338 e. The van der Waals surface area contributed by atoms with E-state index >= 15 is 0 Å². The summed E-state index contributed by atoms with van der Waals surface area (Å²) < 4.78 is 28.4. The Morgan fingerprint density at radius 3 is 2.59 bits per heavy atom. The van der Waals surface area contributed by atoms with Gasteiger partial charge in [0.2, 0.25) is 5.91 Å². The molecule has 1 aliphatic rings. The molecule has 0 spiro atoms. The van der Waals surface area contributed by atoms with E-state index < -0.39 is 10.0 Å². The van der Waals surface area contributed by atoms with Crippen LogP contribution in [0.2, 0.25) is 0 Å². The second kappa shape index (κ2) is 6.59. The molecule has 6 nitrogen and oxygen atoms in total. The van der Waals surface area contributed by atoms with E-state index in [-0.39, 0.29) is 10.8 Å². The highest BCUT2D eigenvalue weighted by molar-refractivity contribution is 14.1. The van der Waals surface area contributed by atoms with Crippen LogP contribution in [-0.2, 0) is 27.8 Å². The molecule has 3 heterocycles. The zero-order chi connectivity index (χ0) is 19.3. The van der Waals surface area contributed by atoms with E-state index in [0.717, 1.165) is 25.6 Å². The van der Waals surface area contributed by atoms with E-state index in [9.17, 15) is 13.2 Å². The summed E-state index contributed by atoms with van der Waals surface area (Å²) in [6, 6.07) is 6.81. The average Bonchev–Trinajstić information content (AvgIpc) is 2.99. The van der Waals surface area contributed by atoms with Crippen LogP contribution in [0.1, 0.15) is 23.6 Å². The molecule has 1 aliphatic heterocycles. The molecule has 0 unspecified atom stereocenters. The first kappa shape index (κ1) is 18.4. The van der Waals surface area contributed by atoms with Crippen LogP contribution < -0.4 is 0 Å². The maximum Gasteiger partial charge on any atom is 0.269 e. The molecule has 0 saturated carbocycles. The lowest BCUT2D eigenvalue weighted by atomic mass is 9.99. The van der Waals surface area contributed by atoms with Gasteiger partial charge in [-0.25, -0.2) is 17.4 Å². The number of hydrogen-bond donors (Lipinski definition) is 0. The highest BCUT2D eigenvalue weighted by Gasteiger charge is 2.27. The topological polar surface area (TPSA) is 72.3 Å². The van der Waals surface area contributed by atoms with Gasteiger partial charge < -0.3 is 4.90 Å². The summed E-state index contributed by atoms with van der Waals surface area (Å²) in [6.45, 7) is 4.63. The van der Waals surface area contributed by atoms with E-state index in [4.69, 9.17) is 0 Å². The summed E-state index contributed by atoms with van der Waals surface area (Å²) in [5, 5.41) is 0.868. The number of carbonyl (C=O) groups excluding carboxylic acids is 1. The van der Waals surface area contributed by atoms with E-state index in [2.05, 4.69) is 27.6 Å². The van der Waals surface area contributed by atoms with Crippen molar-refractivity contribution in [2.75, 3.05) is 6.54 Å². The Kier molecular flexibility index (Phi) is 4.50. The van der Waals surface area contributed by atoms with Crippen LogP contribution in [-0.4, -0.2) is 34.7 Å². The highest BCUT2D eigenvalue weighted by atomic mass is 127. The van der Waals surface area contributed by atoms with Crippen molar-refractivity contribution in [3.8, 4) is 0 Å². The third-order valence-corrected chi connectivity index (χ3v) is 7.43. The normalized spacial score (nSPS) is 14.4. The Balaban J connectivity index is 1.88. The van der Waals surface area contributed by atoms with Crippen molar-refractivity contribution in [1.29, 1.82) is 0 Å². The van der Waals surface area contributed by atoms with Gasteiger partial charge in [-0.1, -0.05) is 17.7 Å². The van der Waals surface area contributed by atoms with Gasteiger partial charge in [-0.3, -0.25) is 4.79 Å². The molecule has 2 aromatic heterocycles. The molecule has 0 aliphatic carbocycles. The molecular formula is C19H18IN3O3S. The smallest absolute Gasteiger partial charge is 0.269 e. The summed E-state index contributed by atoms with van der Waals surface area (Å²) in [4.78, 5) is 18.2. The fraction of sp³-hybridized carbons (Fsp3) is 0.263. The van der Waals surface area contributed by atoms with Crippen molar-refractivity contribution in [3.63, 3.8) is 0 Å². The number of carbonyl (C=O) groups is 1. The van der Waals surface area contributed by atoms with Crippen LogP contribution in [0.25, 0.3) is 11.0 Å². The third kappa shape index (κ3) is 3.04. The molecule has 0 radical (unpaired) electrons. The van der Waals surface area contributed by atoms with Crippen molar-refractivity contribution < 1.29 is 13.2 Å².